The molecule has 1 amide bonds. The minimum Gasteiger partial charge on any atom is -0.497 e. The van der Waals surface area contributed by atoms with E-state index in [1.807, 2.05) is 12.1 Å². The molecule has 28 heavy (non-hydrogen) atoms. The molecule has 0 bridgehead atoms. The number of methoxy groups -OCH3 is 1. The van der Waals surface area contributed by atoms with E-state index in [1.165, 1.54) is 17.1 Å². The number of hydrogen-bond donors (Lipinski definition) is 1. The van der Waals surface area contributed by atoms with Crippen molar-refractivity contribution >= 4 is 17.6 Å². The number of anilines is 1. The van der Waals surface area contributed by atoms with Crippen LogP contribution >= 0.6 is 0 Å². The molecule has 9 heteroatoms. The summed E-state index contributed by atoms with van der Waals surface area (Å²) in [4.78, 5) is 37.0. The van der Waals surface area contributed by atoms with Crippen LogP contribution in [-0.2, 0) is 16.0 Å². The highest BCUT2D eigenvalue weighted by molar-refractivity contribution is 5.97. The summed E-state index contributed by atoms with van der Waals surface area (Å²) in [7, 11) is 1.56. The van der Waals surface area contributed by atoms with Gasteiger partial charge in [0.15, 0.2) is 6.04 Å². The standard InChI is InChI=1S/C19H18FN3O5/c1-28-16-8-2-13(3-9-16)10-11-21-17(12-18(24)25)19(26)22(23(21)27)15-6-4-14(20)5-7-15/h2-9,17H,10-12H2,1H3/p+1. The summed E-state index contributed by atoms with van der Waals surface area (Å²) in [5.41, 5.74) is 1.07. The molecule has 0 radical (unpaired) electrons. The van der Waals surface area contributed by atoms with Crippen LogP contribution in [0.4, 0.5) is 10.1 Å². The van der Waals surface area contributed by atoms with E-state index < -0.39 is 30.2 Å². The van der Waals surface area contributed by atoms with E-state index in [2.05, 4.69) is 0 Å². The molecule has 1 aliphatic rings. The van der Waals surface area contributed by atoms with Gasteiger partial charge in [-0.25, -0.2) is 4.39 Å². The van der Waals surface area contributed by atoms with Gasteiger partial charge in [-0.15, -0.1) is 0 Å². The van der Waals surface area contributed by atoms with Crippen LogP contribution in [-0.4, -0.2) is 46.7 Å². The molecule has 0 saturated carbocycles. The lowest BCUT2D eigenvalue weighted by atomic mass is 10.1. The number of nitrogens with zero attached hydrogens (tertiary/aromatic N) is 3. The Hall–Kier alpha value is -3.49. The van der Waals surface area contributed by atoms with Gasteiger partial charge in [0.25, 0.3) is 4.98 Å². The van der Waals surface area contributed by atoms with Gasteiger partial charge in [-0.3, -0.25) is 9.59 Å². The van der Waals surface area contributed by atoms with Gasteiger partial charge in [0.1, 0.15) is 17.3 Å². The van der Waals surface area contributed by atoms with Crippen LogP contribution in [0.15, 0.2) is 48.5 Å². The topological polar surface area (TPSA) is 90.2 Å². The van der Waals surface area contributed by atoms with E-state index in [1.54, 1.807) is 19.2 Å². The Balaban J connectivity index is 1.81. The molecule has 0 spiro atoms. The van der Waals surface area contributed by atoms with E-state index in [9.17, 15) is 18.9 Å². The fourth-order valence-electron chi connectivity index (χ4n) is 3.03. The van der Waals surface area contributed by atoms with E-state index in [4.69, 9.17) is 9.84 Å². The first-order valence-corrected chi connectivity index (χ1v) is 8.58. The summed E-state index contributed by atoms with van der Waals surface area (Å²) < 4.78 is 18.3. The van der Waals surface area contributed by atoms with Gasteiger partial charge in [-0.1, -0.05) is 17.1 Å². The van der Waals surface area contributed by atoms with Crippen molar-refractivity contribution in [3.05, 3.63) is 64.8 Å². The molecule has 1 fully saturated rings. The zero-order valence-corrected chi connectivity index (χ0v) is 15.1. The minimum atomic E-state index is -1.19. The third-order valence-electron chi connectivity index (χ3n) is 4.47. The average Bonchev–Trinajstić information content (AvgIpc) is 2.90. The van der Waals surface area contributed by atoms with Gasteiger partial charge < -0.3 is 9.84 Å². The van der Waals surface area contributed by atoms with Crippen molar-refractivity contribution in [3.8, 4) is 5.75 Å². The van der Waals surface area contributed by atoms with Crippen molar-refractivity contribution in [2.75, 3.05) is 18.7 Å². The number of hydrogen-bond acceptors (Lipinski definition) is 4. The first-order chi connectivity index (χ1) is 13.4. The number of carbonyl (C=O) groups is 2. The molecule has 1 saturated heterocycles. The third-order valence-corrected chi connectivity index (χ3v) is 4.47. The lowest BCUT2D eigenvalue weighted by Gasteiger charge is -2.12. The molecule has 2 aromatic rings. The Labute approximate surface area is 160 Å². The maximum Gasteiger partial charge on any atom is 0.320 e. The fourth-order valence-corrected chi connectivity index (χ4v) is 3.03. The number of carboxylic acids is 1. The summed E-state index contributed by atoms with van der Waals surface area (Å²) in [6, 6.07) is 10.9. The second-order valence-electron chi connectivity index (χ2n) is 6.25. The molecule has 2 aromatic carbocycles. The SMILES string of the molecule is COc1ccc(CCN2C(CC(=O)O)C(=O)N(c3ccc(F)cc3)[N+]2=O)cc1. The molecule has 146 valence electrons. The monoisotopic (exact) mass is 388 g/mol. The van der Waals surface area contributed by atoms with Crippen LogP contribution in [0, 0.1) is 10.7 Å². The number of benzene rings is 2. The lowest BCUT2D eigenvalue weighted by Crippen LogP contribution is -2.39. The van der Waals surface area contributed by atoms with Crippen molar-refractivity contribution in [1.29, 1.82) is 0 Å². The van der Waals surface area contributed by atoms with Crippen LogP contribution in [0.3, 0.4) is 0 Å². The Morgan fingerprint density at radius 3 is 2.39 bits per heavy atom. The van der Waals surface area contributed by atoms with Crippen LogP contribution in [0.25, 0.3) is 0 Å². The van der Waals surface area contributed by atoms with E-state index in [-0.39, 0.29) is 12.2 Å². The highest BCUT2D eigenvalue weighted by atomic mass is 19.1. The Morgan fingerprint density at radius 2 is 1.82 bits per heavy atom. The summed E-state index contributed by atoms with van der Waals surface area (Å²) >= 11 is 0. The molecule has 1 atom stereocenters. The number of hydrazine groups is 2. The van der Waals surface area contributed by atoms with E-state index in [0.29, 0.717) is 17.1 Å². The number of nitroso groups, excluding NO2 is 1. The van der Waals surface area contributed by atoms with Gasteiger partial charge in [0, 0.05) is 0 Å². The number of carboxylic acid groups (broad SMARTS) is 1. The van der Waals surface area contributed by atoms with Crippen molar-refractivity contribution in [2.24, 2.45) is 0 Å². The molecule has 1 unspecified atom stereocenters. The number of carbonyl (C=O) groups excluding carboxylic acids is 1. The van der Waals surface area contributed by atoms with Crippen molar-refractivity contribution < 1.29 is 28.8 Å². The highest BCUT2D eigenvalue weighted by Gasteiger charge is 2.54. The lowest BCUT2D eigenvalue weighted by molar-refractivity contribution is -0.698. The number of rotatable bonds is 7. The fraction of sp³-hybridized carbons (Fsp3) is 0.263. The zero-order chi connectivity index (χ0) is 20.3. The zero-order valence-electron chi connectivity index (χ0n) is 15.1. The maximum atomic E-state index is 13.2. The quantitative estimate of drug-likeness (QED) is 0.732. The molecule has 3 rings (SSSR count). The van der Waals surface area contributed by atoms with Crippen molar-refractivity contribution in [2.45, 2.75) is 18.9 Å². The smallest absolute Gasteiger partial charge is 0.320 e. The van der Waals surface area contributed by atoms with Crippen LogP contribution in [0.1, 0.15) is 12.0 Å². The molecular formula is C19H19FN3O5+. The second kappa shape index (κ2) is 8.03. The normalized spacial score (nSPS) is 16.6. The molecule has 8 nitrogen and oxygen atoms in total. The number of amides is 1. The first-order valence-electron chi connectivity index (χ1n) is 8.58. The van der Waals surface area contributed by atoms with Gasteiger partial charge in [-0.2, -0.15) is 0 Å². The predicted octanol–water partition coefficient (Wildman–Crippen LogP) is 2.18. The average molecular weight is 388 g/mol. The Morgan fingerprint density at radius 1 is 1.18 bits per heavy atom. The van der Waals surface area contributed by atoms with E-state index in [0.717, 1.165) is 22.7 Å². The molecule has 1 aliphatic heterocycles. The summed E-state index contributed by atoms with van der Waals surface area (Å²) in [5.74, 6) is -1.68. The summed E-state index contributed by atoms with van der Waals surface area (Å²) in [5, 5.41) is 11.1. The largest absolute Gasteiger partial charge is 0.497 e. The predicted molar refractivity (Wildman–Crippen MR) is 97.0 cm³/mol. The van der Waals surface area contributed by atoms with Gasteiger partial charge >= 0.3 is 11.9 Å². The second-order valence-corrected chi connectivity index (χ2v) is 6.25. The third kappa shape index (κ3) is 3.93. The number of halogens is 1. The van der Waals surface area contributed by atoms with Gasteiger partial charge in [0.05, 0.1) is 25.0 Å². The number of ether oxygens (including phenoxy) is 1. The Bertz CT molecular complexity index is 885. The first kappa shape index (κ1) is 19.3. The molecule has 0 aromatic heterocycles. The van der Waals surface area contributed by atoms with Crippen molar-refractivity contribution in [1.82, 2.24) is 5.01 Å². The maximum absolute atomic E-state index is 13.2. The molecule has 1 heterocycles. The summed E-state index contributed by atoms with van der Waals surface area (Å²) in [6.45, 7) is 0.136. The van der Waals surface area contributed by atoms with Gasteiger partial charge in [-0.05, 0) is 53.4 Å². The molecule has 1 N–H and O–H groups in total. The van der Waals surface area contributed by atoms with Gasteiger partial charge in [0.2, 0.25) is 0 Å². The Kier molecular flexibility index (Phi) is 5.53. The summed E-state index contributed by atoms with van der Waals surface area (Å²) in [6.07, 6.45) is -0.0960. The minimum absolute atomic E-state index is 0.136. The van der Waals surface area contributed by atoms with Crippen molar-refractivity contribution in [3.63, 3.8) is 0 Å². The van der Waals surface area contributed by atoms with Crippen LogP contribution < -0.4 is 9.75 Å². The highest BCUT2D eigenvalue weighted by Crippen LogP contribution is 2.26. The van der Waals surface area contributed by atoms with Crippen LogP contribution in [0.2, 0.25) is 0 Å². The van der Waals surface area contributed by atoms with Crippen LogP contribution in [0.5, 0.6) is 5.75 Å². The molecule has 0 aliphatic carbocycles. The van der Waals surface area contributed by atoms with E-state index >= 15 is 0 Å². The number of aliphatic carboxylic acids is 1. The molecular weight excluding hydrogens is 369 g/mol.